The number of aromatic amines is 2. The average Bonchev–Trinajstić information content (AvgIpc) is 3.20. The summed E-state index contributed by atoms with van der Waals surface area (Å²) >= 11 is 0. The molecule has 0 aliphatic carbocycles. The van der Waals surface area contributed by atoms with Gasteiger partial charge in [-0.3, -0.25) is 10.2 Å². The number of H-pyrrole nitrogens is 2. The summed E-state index contributed by atoms with van der Waals surface area (Å²) in [7, 11) is 0. The quantitative estimate of drug-likeness (QED) is 0.534. The molecule has 4 aromatic rings. The number of hydrogen-bond acceptors (Lipinski definition) is 5. The smallest absolute Gasteiger partial charge is 0.160 e. The van der Waals surface area contributed by atoms with Crippen LogP contribution in [0.15, 0.2) is 49.1 Å². The van der Waals surface area contributed by atoms with Crippen LogP contribution < -0.4 is 5.32 Å². The lowest BCUT2D eigenvalue weighted by atomic mass is 10.1. The predicted molar refractivity (Wildman–Crippen MR) is 79.0 cm³/mol. The van der Waals surface area contributed by atoms with E-state index in [1.807, 2.05) is 30.3 Å². The Labute approximate surface area is 119 Å². The lowest BCUT2D eigenvalue weighted by Gasteiger charge is -2.07. The minimum Gasteiger partial charge on any atom is -0.339 e. The van der Waals surface area contributed by atoms with Gasteiger partial charge in [-0.15, -0.1) is 0 Å². The number of hydrogen-bond donors (Lipinski definition) is 3. The molecule has 0 fully saturated rings. The van der Waals surface area contributed by atoms with E-state index in [4.69, 9.17) is 0 Å². The second kappa shape index (κ2) is 4.71. The van der Waals surface area contributed by atoms with Crippen molar-refractivity contribution in [1.29, 1.82) is 0 Å². The van der Waals surface area contributed by atoms with Crippen LogP contribution in [0.3, 0.4) is 0 Å². The number of anilines is 2. The van der Waals surface area contributed by atoms with E-state index in [1.54, 1.807) is 12.4 Å². The topological polar surface area (TPSA) is 95.2 Å². The fourth-order valence-electron chi connectivity index (χ4n) is 2.18. The second-order valence-electron chi connectivity index (χ2n) is 4.53. The molecule has 0 aliphatic rings. The lowest BCUT2D eigenvalue weighted by Crippen LogP contribution is -1.95. The number of benzene rings is 1. The third kappa shape index (κ3) is 2.10. The summed E-state index contributed by atoms with van der Waals surface area (Å²) < 4.78 is 0. The Morgan fingerprint density at radius 1 is 1.00 bits per heavy atom. The van der Waals surface area contributed by atoms with Crippen molar-refractivity contribution in [3.63, 3.8) is 0 Å². The molecule has 0 spiro atoms. The number of nitrogens with one attached hydrogen (secondary N) is 3. The Morgan fingerprint density at radius 3 is 2.90 bits per heavy atom. The normalized spacial score (nSPS) is 10.9. The summed E-state index contributed by atoms with van der Waals surface area (Å²) in [4.78, 5) is 8.38. The fraction of sp³-hybridized carbons (Fsp3) is 0. The van der Waals surface area contributed by atoms with Crippen molar-refractivity contribution in [3.8, 4) is 11.3 Å². The zero-order chi connectivity index (χ0) is 14.1. The van der Waals surface area contributed by atoms with E-state index in [9.17, 15) is 0 Å². The van der Waals surface area contributed by atoms with Gasteiger partial charge in [-0.25, -0.2) is 9.97 Å². The molecule has 0 atom stereocenters. The molecular weight excluding hydrogens is 266 g/mol. The monoisotopic (exact) mass is 277 g/mol. The highest BCUT2D eigenvalue weighted by atomic mass is 15.2. The zero-order valence-corrected chi connectivity index (χ0v) is 10.9. The third-order valence-electron chi connectivity index (χ3n) is 3.19. The second-order valence-corrected chi connectivity index (χ2v) is 4.53. The maximum atomic E-state index is 4.26. The molecule has 0 unspecified atom stereocenters. The minimum atomic E-state index is 0.706. The lowest BCUT2D eigenvalue weighted by molar-refractivity contribution is 1.09. The Hall–Kier alpha value is -3.22. The molecule has 0 amide bonds. The van der Waals surface area contributed by atoms with Crippen LogP contribution in [0.25, 0.3) is 22.3 Å². The van der Waals surface area contributed by atoms with Crippen LogP contribution in [0.2, 0.25) is 0 Å². The van der Waals surface area contributed by atoms with Gasteiger partial charge in [0, 0.05) is 17.4 Å². The summed E-state index contributed by atoms with van der Waals surface area (Å²) in [6, 6.07) is 9.94. The van der Waals surface area contributed by atoms with Gasteiger partial charge in [-0.1, -0.05) is 12.1 Å². The summed E-state index contributed by atoms with van der Waals surface area (Å²) in [5.74, 6) is 0.718. The van der Waals surface area contributed by atoms with E-state index in [0.29, 0.717) is 5.65 Å². The molecule has 3 aromatic heterocycles. The van der Waals surface area contributed by atoms with Crippen LogP contribution in [0.5, 0.6) is 0 Å². The molecule has 0 radical (unpaired) electrons. The highest BCUT2D eigenvalue weighted by molar-refractivity contribution is 5.87. The van der Waals surface area contributed by atoms with Crippen LogP contribution in [0.1, 0.15) is 0 Å². The van der Waals surface area contributed by atoms with E-state index in [0.717, 1.165) is 28.1 Å². The molecule has 0 saturated carbocycles. The predicted octanol–water partition coefficient (Wildman–Crippen LogP) is 2.49. The summed E-state index contributed by atoms with van der Waals surface area (Å²) in [5, 5.41) is 17.9. The molecule has 7 nitrogen and oxygen atoms in total. The van der Waals surface area contributed by atoms with Crippen molar-refractivity contribution in [2.24, 2.45) is 0 Å². The molecule has 0 aliphatic heterocycles. The molecular formula is C14H11N7. The largest absolute Gasteiger partial charge is 0.339 e. The van der Waals surface area contributed by atoms with Crippen LogP contribution in [-0.4, -0.2) is 30.4 Å². The molecule has 0 saturated heterocycles. The van der Waals surface area contributed by atoms with Gasteiger partial charge in [-0.05, 0) is 18.2 Å². The molecule has 21 heavy (non-hydrogen) atoms. The number of aromatic nitrogens is 6. The number of rotatable bonds is 3. The molecule has 0 bridgehead atoms. The highest BCUT2D eigenvalue weighted by Gasteiger charge is 2.06. The van der Waals surface area contributed by atoms with Gasteiger partial charge in [-0.2, -0.15) is 10.2 Å². The van der Waals surface area contributed by atoms with Gasteiger partial charge in [0.05, 0.1) is 17.3 Å². The Kier molecular flexibility index (Phi) is 2.60. The average molecular weight is 277 g/mol. The summed E-state index contributed by atoms with van der Waals surface area (Å²) in [6.07, 6.45) is 4.94. The Balaban J connectivity index is 1.71. The van der Waals surface area contributed by atoms with E-state index >= 15 is 0 Å². The van der Waals surface area contributed by atoms with Crippen LogP contribution in [-0.2, 0) is 0 Å². The van der Waals surface area contributed by atoms with Gasteiger partial charge in [0.2, 0.25) is 0 Å². The Morgan fingerprint density at radius 2 is 2.00 bits per heavy atom. The first kappa shape index (κ1) is 11.6. The van der Waals surface area contributed by atoms with E-state index in [1.165, 1.54) is 6.33 Å². The Bertz CT molecular complexity index is 879. The molecule has 4 rings (SSSR count). The highest BCUT2D eigenvalue weighted by Crippen LogP contribution is 2.25. The summed E-state index contributed by atoms with van der Waals surface area (Å²) in [6.45, 7) is 0. The molecule has 1 aromatic carbocycles. The van der Waals surface area contributed by atoms with Crippen molar-refractivity contribution in [2.45, 2.75) is 0 Å². The van der Waals surface area contributed by atoms with Gasteiger partial charge in [0.25, 0.3) is 0 Å². The van der Waals surface area contributed by atoms with E-state index < -0.39 is 0 Å². The molecule has 102 valence electrons. The van der Waals surface area contributed by atoms with Crippen molar-refractivity contribution in [1.82, 2.24) is 30.4 Å². The maximum absolute atomic E-state index is 4.26. The van der Waals surface area contributed by atoms with Gasteiger partial charge in [0.15, 0.2) is 5.65 Å². The SMILES string of the molecule is c1cc(Nc2ncnc3[nH]ncc23)cc(-c2ccn[nH]2)c1. The first-order valence-electron chi connectivity index (χ1n) is 6.41. The van der Waals surface area contributed by atoms with Crippen LogP contribution in [0.4, 0.5) is 11.5 Å². The van der Waals surface area contributed by atoms with Crippen molar-refractivity contribution >= 4 is 22.5 Å². The van der Waals surface area contributed by atoms with Gasteiger partial charge in [0.1, 0.15) is 12.1 Å². The molecule has 3 N–H and O–H groups in total. The maximum Gasteiger partial charge on any atom is 0.160 e. The van der Waals surface area contributed by atoms with E-state index in [2.05, 4.69) is 35.7 Å². The zero-order valence-electron chi connectivity index (χ0n) is 10.9. The van der Waals surface area contributed by atoms with Gasteiger partial charge < -0.3 is 5.32 Å². The first-order chi connectivity index (χ1) is 10.4. The van der Waals surface area contributed by atoms with Crippen molar-refractivity contribution < 1.29 is 0 Å². The van der Waals surface area contributed by atoms with Crippen LogP contribution in [0, 0.1) is 0 Å². The van der Waals surface area contributed by atoms with Crippen LogP contribution >= 0.6 is 0 Å². The van der Waals surface area contributed by atoms with E-state index in [-0.39, 0.29) is 0 Å². The minimum absolute atomic E-state index is 0.706. The van der Waals surface area contributed by atoms with Gasteiger partial charge >= 0.3 is 0 Å². The molecule has 3 heterocycles. The van der Waals surface area contributed by atoms with Crippen molar-refractivity contribution in [3.05, 3.63) is 49.1 Å². The number of fused-ring (bicyclic) bond motifs is 1. The standard InChI is InChI=1S/C14H11N7/c1-2-9(12-4-5-17-20-12)6-10(3-1)19-13-11-7-18-21-14(11)16-8-15-13/h1-8H,(H,17,20)(H2,15,16,18,19,21). The first-order valence-corrected chi connectivity index (χ1v) is 6.41. The third-order valence-corrected chi connectivity index (χ3v) is 3.19. The summed E-state index contributed by atoms with van der Waals surface area (Å²) in [5.41, 5.74) is 3.66. The number of nitrogens with zero attached hydrogens (tertiary/aromatic N) is 4. The fourth-order valence-corrected chi connectivity index (χ4v) is 2.18. The molecule has 7 heteroatoms. The van der Waals surface area contributed by atoms with Crippen molar-refractivity contribution in [2.75, 3.05) is 5.32 Å².